The van der Waals surface area contributed by atoms with E-state index in [9.17, 15) is 4.79 Å². The quantitative estimate of drug-likeness (QED) is 0.790. The van der Waals surface area contributed by atoms with Crippen LogP contribution in [-0.2, 0) is 0 Å². The Balaban J connectivity index is 2.01. The molecule has 92 valence electrons. The van der Waals surface area contributed by atoms with Crippen LogP contribution in [0.4, 0.5) is 10.5 Å². The summed E-state index contributed by atoms with van der Waals surface area (Å²) in [4.78, 5) is 14.0. The molecule has 17 heavy (non-hydrogen) atoms. The predicted octanol–water partition coefficient (Wildman–Crippen LogP) is 3.40. The molecule has 1 fully saturated rings. The summed E-state index contributed by atoms with van der Waals surface area (Å²) in [7, 11) is 0. The number of piperidine rings is 1. The van der Waals surface area contributed by atoms with Crippen LogP contribution in [0.2, 0.25) is 0 Å². The van der Waals surface area contributed by atoms with E-state index in [-0.39, 0.29) is 6.03 Å². The summed E-state index contributed by atoms with van der Waals surface area (Å²) < 4.78 is 0. The molecule has 0 aromatic heterocycles. The number of hydrogen-bond donors (Lipinski definition) is 1. The van der Waals surface area contributed by atoms with Gasteiger partial charge in [0.25, 0.3) is 0 Å². The molecule has 1 saturated heterocycles. The largest absolute Gasteiger partial charge is 0.322 e. The fourth-order valence-electron chi connectivity index (χ4n) is 2.32. The number of nitrogens with zero attached hydrogens (tertiary/aromatic N) is 1. The molecule has 3 nitrogen and oxygen atoms in total. The molecule has 2 rings (SSSR count). The number of amides is 2. The highest BCUT2D eigenvalue weighted by atomic mass is 16.2. The van der Waals surface area contributed by atoms with Crippen LogP contribution >= 0.6 is 0 Å². The van der Waals surface area contributed by atoms with Crippen molar-refractivity contribution in [2.24, 2.45) is 0 Å². The number of likely N-dealkylation sites (tertiary alicyclic amines) is 1. The van der Waals surface area contributed by atoms with E-state index in [2.05, 4.69) is 12.2 Å². The van der Waals surface area contributed by atoms with Gasteiger partial charge in [-0.3, -0.25) is 0 Å². The summed E-state index contributed by atoms with van der Waals surface area (Å²) in [5, 5.41) is 2.97. The van der Waals surface area contributed by atoms with Gasteiger partial charge in [-0.25, -0.2) is 4.79 Å². The van der Waals surface area contributed by atoms with Gasteiger partial charge in [-0.05, 0) is 50.8 Å². The minimum Gasteiger partial charge on any atom is -0.322 e. The third-order valence-electron chi connectivity index (χ3n) is 3.33. The van der Waals surface area contributed by atoms with E-state index >= 15 is 0 Å². The van der Waals surface area contributed by atoms with Crippen molar-refractivity contribution in [2.75, 3.05) is 11.9 Å². The van der Waals surface area contributed by atoms with Crippen molar-refractivity contribution >= 4 is 11.7 Å². The van der Waals surface area contributed by atoms with E-state index in [4.69, 9.17) is 0 Å². The summed E-state index contributed by atoms with van der Waals surface area (Å²) in [6.07, 6.45) is 3.46. The molecular weight excluding hydrogens is 212 g/mol. The van der Waals surface area contributed by atoms with E-state index in [0.29, 0.717) is 6.04 Å². The zero-order valence-electron chi connectivity index (χ0n) is 10.6. The van der Waals surface area contributed by atoms with Crippen LogP contribution in [0.1, 0.15) is 31.7 Å². The van der Waals surface area contributed by atoms with Gasteiger partial charge in [-0.2, -0.15) is 0 Å². The van der Waals surface area contributed by atoms with Crippen LogP contribution in [0.15, 0.2) is 24.3 Å². The van der Waals surface area contributed by atoms with E-state index in [1.165, 1.54) is 6.42 Å². The Bertz CT molecular complexity index is 403. The maximum Gasteiger partial charge on any atom is 0.322 e. The molecule has 1 atom stereocenters. The average molecular weight is 232 g/mol. The van der Waals surface area contributed by atoms with Gasteiger partial charge in [0, 0.05) is 18.3 Å². The zero-order chi connectivity index (χ0) is 12.3. The van der Waals surface area contributed by atoms with Gasteiger partial charge in [0.15, 0.2) is 0 Å². The smallest absolute Gasteiger partial charge is 0.322 e. The van der Waals surface area contributed by atoms with Crippen molar-refractivity contribution in [1.82, 2.24) is 4.90 Å². The standard InChI is InChI=1S/C14H20N2O/c1-11-6-5-8-13(10-11)15-14(17)16-9-4-3-7-12(16)2/h5-6,8,10,12H,3-4,7,9H2,1-2H3,(H,15,17)/t12-/m0/s1. The Kier molecular flexibility index (Phi) is 3.67. The summed E-state index contributed by atoms with van der Waals surface area (Å²) in [6, 6.07) is 8.30. The van der Waals surface area contributed by atoms with Gasteiger partial charge in [-0.1, -0.05) is 12.1 Å². The van der Waals surface area contributed by atoms with Crippen molar-refractivity contribution < 1.29 is 4.79 Å². The Morgan fingerprint density at radius 3 is 2.94 bits per heavy atom. The fourth-order valence-corrected chi connectivity index (χ4v) is 2.32. The van der Waals surface area contributed by atoms with Crippen molar-refractivity contribution in [1.29, 1.82) is 0 Å². The van der Waals surface area contributed by atoms with Gasteiger partial charge in [-0.15, -0.1) is 0 Å². The minimum absolute atomic E-state index is 0.0304. The number of rotatable bonds is 1. The molecule has 0 saturated carbocycles. The number of urea groups is 1. The van der Waals surface area contributed by atoms with E-state index < -0.39 is 0 Å². The number of aryl methyl sites for hydroxylation is 1. The lowest BCUT2D eigenvalue weighted by molar-refractivity contribution is 0.170. The number of hydrogen-bond acceptors (Lipinski definition) is 1. The summed E-state index contributed by atoms with van der Waals surface area (Å²) in [5.41, 5.74) is 2.04. The van der Waals surface area contributed by atoms with E-state index in [1.807, 2.05) is 36.1 Å². The van der Waals surface area contributed by atoms with Crippen LogP contribution < -0.4 is 5.32 Å². The summed E-state index contributed by atoms with van der Waals surface area (Å²) >= 11 is 0. The molecule has 2 amide bonds. The molecule has 1 heterocycles. The Hall–Kier alpha value is -1.51. The number of carbonyl (C=O) groups is 1. The molecule has 1 aliphatic heterocycles. The average Bonchev–Trinajstić information content (AvgIpc) is 2.29. The lowest BCUT2D eigenvalue weighted by Gasteiger charge is -2.33. The first-order valence-corrected chi connectivity index (χ1v) is 6.31. The number of nitrogens with one attached hydrogen (secondary N) is 1. The van der Waals surface area contributed by atoms with Crippen molar-refractivity contribution in [2.45, 2.75) is 39.2 Å². The second-order valence-electron chi connectivity index (χ2n) is 4.84. The molecule has 0 spiro atoms. The van der Waals surface area contributed by atoms with Crippen LogP contribution in [0.25, 0.3) is 0 Å². The van der Waals surface area contributed by atoms with Gasteiger partial charge < -0.3 is 10.2 Å². The van der Waals surface area contributed by atoms with Crippen molar-refractivity contribution in [3.8, 4) is 0 Å². The van der Waals surface area contributed by atoms with Crippen molar-refractivity contribution in [3.05, 3.63) is 29.8 Å². The van der Waals surface area contributed by atoms with E-state index in [1.54, 1.807) is 0 Å². The van der Waals surface area contributed by atoms with E-state index in [0.717, 1.165) is 30.6 Å². The first-order valence-electron chi connectivity index (χ1n) is 6.31. The van der Waals surface area contributed by atoms with Crippen LogP contribution in [0, 0.1) is 6.92 Å². The molecule has 1 aliphatic rings. The molecule has 0 radical (unpaired) electrons. The normalized spacial score (nSPS) is 20.1. The molecule has 1 aromatic carbocycles. The van der Waals surface area contributed by atoms with Crippen LogP contribution in [0.3, 0.4) is 0 Å². The van der Waals surface area contributed by atoms with Crippen LogP contribution in [0.5, 0.6) is 0 Å². The highest BCUT2D eigenvalue weighted by Gasteiger charge is 2.22. The second kappa shape index (κ2) is 5.21. The lowest BCUT2D eigenvalue weighted by Crippen LogP contribution is -2.44. The molecule has 0 bridgehead atoms. The molecule has 3 heteroatoms. The minimum atomic E-state index is 0.0304. The number of anilines is 1. The Morgan fingerprint density at radius 2 is 2.24 bits per heavy atom. The highest BCUT2D eigenvalue weighted by Crippen LogP contribution is 2.18. The van der Waals surface area contributed by atoms with Gasteiger partial charge >= 0.3 is 6.03 Å². The predicted molar refractivity (Wildman–Crippen MR) is 70.2 cm³/mol. The summed E-state index contributed by atoms with van der Waals surface area (Å²) in [5.74, 6) is 0. The summed E-state index contributed by atoms with van der Waals surface area (Å²) in [6.45, 7) is 5.02. The SMILES string of the molecule is Cc1cccc(NC(=O)N2CCCC[C@@H]2C)c1. The van der Waals surface area contributed by atoms with Gasteiger partial charge in [0.2, 0.25) is 0 Å². The Morgan fingerprint density at radius 1 is 1.41 bits per heavy atom. The van der Waals surface area contributed by atoms with Crippen LogP contribution in [-0.4, -0.2) is 23.5 Å². The Labute approximate surface area is 103 Å². The molecular formula is C14H20N2O. The highest BCUT2D eigenvalue weighted by molar-refractivity contribution is 5.89. The third-order valence-corrected chi connectivity index (χ3v) is 3.33. The zero-order valence-corrected chi connectivity index (χ0v) is 10.6. The molecule has 0 unspecified atom stereocenters. The maximum atomic E-state index is 12.1. The topological polar surface area (TPSA) is 32.3 Å². The first kappa shape index (κ1) is 12.0. The third kappa shape index (κ3) is 2.99. The first-order chi connectivity index (χ1) is 8.16. The number of carbonyl (C=O) groups excluding carboxylic acids is 1. The number of benzene rings is 1. The van der Waals surface area contributed by atoms with Crippen molar-refractivity contribution in [3.63, 3.8) is 0 Å². The maximum absolute atomic E-state index is 12.1. The molecule has 1 aromatic rings. The molecule has 0 aliphatic carbocycles. The van der Waals surface area contributed by atoms with Gasteiger partial charge in [0.05, 0.1) is 0 Å². The molecule has 1 N–H and O–H groups in total. The lowest BCUT2D eigenvalue weighted by atomic mass is 10.0. The fraction of sp³-hybridized carbons (Fsp3) is 0.500. The monoisotopic (exact) mass is 232 g/mol. The second-order valence-corrected chi connectivity index (χ2v) is 4.84. The van der Waals surface area contributed by atoms with Gasteiger partial charge in [0.1, 0.15) is 0 Å².